The fourth-order valence-corrected chi connectivity index (χ4v) is 2.17. The van der Waals surface area contributed by atoms with Gasteiger partial charge in [-0.25, -0.2) is 0 Å². The summed E-state index contributed by atoms with van der Waals surface area (Å²) in [7, 11) is 0. The zero-order chi connectivity index (χ0) is 17.1. The molecule has 0 radical (unpaired) electrons. The predicted molar refractivity (Wildman–Crippen MR) is 88.0 cm³/mol. The topological polar surface area (TPSA) is 101 Å². The molecule has 0 bridgehead atoms. The van der Waals surface area contributed by atoms with Crippen LogP contribution in [0, 0.1) is 10.1 Å². The van der Waals surface area contributed by atoms with Crippen LogP contribution in [0.3, 0.4) is 0 Å². The molecule has 7 nitrogen and oxygen atoms in total. The van der Waals surface area contributed by atoms with Crippen LogP contribution in [0.1, 0.15) is 33.6 Å². The van der Waals surface area contributed by atoms with Crippen LogP contribution in [0.15, 0.2) is 48.5 Å². The number of benzene rings is 2. The summed E-state index contributed by atoms with van der Waals surface area (Å²) in [6.45, 7) is 0. The van der Waals surface area contributed by atoms with Gasteiger partial charge in [-0.15, -0.1) is 0 Å². The van der Waals surface area contributed by atoms with Crippen LogP contribution in [0.2, 0.25) is 0 Å². The van der Waals surface area contributed by atoms with Gasteiger partial charge >= 0.3 is 0 Å². The van der Waals surface area contributed by atoms with Crippen molar-refractivity contribution in [3.8, 4) is 0 Å². The number of hydrogen-bond donors (Lipinski definition) is 2. The molecule has 1 fully saturated rings. The van der Waals surface area contributed by atoms with Gasteiger partial charge in [0, 0.05) is 35.0 Å². The Labute approximate surface area is 137 Å². The van der Waals surface area contributed by atoms with E-state index in [9.17, 15) is 19.7 Å². The average Bonchev–Trinajstić information content (AvgIpc) is 3.39. The van der Waals surface area contributed by atoms with Gasteiger partial charge in [-0.2, -0.15) is 0 Å². The van der Waals surface area contributed by atoms with Gasteiger partial charge in [-0.1, -0.05) is 6.07 Å². The highest BCUT2D eigenvalue weighted by Gasteiger charge is 2.23. The molecule has 0 aliphatic heterocycles. The van der Waals surface area contributed by atoms with Crippen LogP contribution in [-0.2, 0) is 0 Å². The van der Waals surface area contributed by atoms with Crippen molar-refractivity contribution in [1.29, 1.82) is 0 Å². The number of nitro groups is 1. The van der Waals surface area contributed by atoms with Gasteiger partial charge in [-0.3, -0.25) is 19.7 Å². The van der Waals surface area contributed by atoms with Crippen molar-refractivity contribution in [2.75, 3.05) is 5.32 Å². The Bertz CT molecular complexity index is 798. The Morgan fingerprint density at radius 2 is 1.71 bits per heavy atom. The molecule has 3 rings (SSSR count). The largest absolute Gasteiger partial charge is 0.349 e. The fraction of sp³-hybridized carbons (Fsp3) is 0.176. The van der Waals surface area contributed by atoms with Gasteiger partial charge in [-0.05, 0) is 43.2 Å². The summed E-state index contributed by atoms with van der Waals surface area (Å²) in [4.78, 5) is 34.2. The van der Waals surface area contributed by atoms with E-state index in [-0.39, 0.29) is 23.2 Å². The number of anilines is 1. The van der Waals surface area contributed by atoms with E-state index >= 15 is 0 Å². The number of carbonyl (C=O) groups is 2. The van der Waals surface area contributed by atoms with Gasteiger partial charge in [0.1, 0.15) is 0 Å². The van der Waals surface area contributed by atoms with Gasteiger partial charge < -0.3 is 10.6 Å². The predicted octanol–water partition coefficient (Wildman–Crippen LogP) is 2.74. The van der Waals surface area contributed by atoms with E-state index in [0.717, 1.165) is 12.8 Å². The molecule has 7 heteroatoms. The minimum absolute atomic E-state index is 0.130. The van der Waals surface area contributed by atoms with Crippen molar-refractivity contribution in [3.05, 3.63) is 69.8 Å². The molecule has 0 unspecified atom stereocenters. The molecule has 1 aliphatic carbocycles. The van der Waals surface area contributed by atoms with Gasteiger partial charge in [0.05, 0.1) is 4.92 Å². The van der Waals surface area contributed by atoms with E-state index in [4.69, 9.17) is 0 Å². The molecule has 0 spiro atoms. The average molecular weight is 325 g/mol. The van der Waals surface area contributed by atoms with Crippen LogP contribution >= 0.6 is 0 Å². The summed E-state index contributed by atoms with van der Waals surface area (Å²) in [5.74, 6) is -0.581. The SMILES string of the molecule is O=C(Nc1ccc(C(=O)NC2CC2)cc1)c1cccc([N+](=O)[O-])c1. The first-order valence-electron chi connectivity index (χ1n) is 7.49. The van der Waals surface area contributed by atoms with Crippen molar-refractivity contribution in [3.63, 3.8) is 0 Å². The Balaban J connectivity index is 1.66. The Morgan fingerprint density at radius 3 is 2.33 bits per heavy atom. The van der Waals surface area contributed by atoms with Crippen molar-refractivity contribution < 1.29 is 14.5 Å². The summed E-state index contributed by atoms with van der Waals surface area (Å²) >= 11 is 0. The third-order valence-corrected chi connectivity index (χ3v) is 3.64. The molecule has 2 N–H and O–H groups in total. The zero-order valence-corrected chi connectivity index (χ0v) is 12.7. The van der Waals surface area contributed by atoms with E-state index in [1.807, 2.05) is 0 Å². The molecule has 1 aliphatic rings. The minimum atomic E-state index is -0.552. The molecule has 2 aromatic carbocycles. The maximum Gasteiger partial charge on any atom is 0.270 e. The number of carbonyl (C=O) groups excluding carboxylic acids is 2. The normalized spacial score (nSPS) is 13.2. The lowest BCUT2D eigenvalue weighted by Gasteiger charge is -2.07. The monoisotopic (exact) mass is 325 g/mol. The number of nitrogens with zero attached hydrogens (tertiary/aromatic N) is 1. The minimum Gasteiger partial charge on any atom is -0.349 e. The van der Waals surface area contributed by atoms with E-state index < -0.39 is 10.8 Å². The standard InChI is InChI=1S/C17H15N3O4/c21-16(18-14-8-9-14)11-4-6-13(7-5-11)19-17(22)12-2-1-3-15(10-12)20(23)24/h1-7,10,14H,8-9H2,(H,18,21)(H,19,22). The fourth-order valence-electron chi connectivity index (χ4n) is 2.17. The maximum absolute atomic E-state index is 12.1. The summed E-state index contributed by atoms with van der Waals surface area (Å²) in [5.41, 5.74) is 1.08. The van der Waals surface area contributed by atoms with Gasteiger partial charge in [0.15, 0.2) is 0 Å². The molecule has 24 heavy (non-hydrogen) atoms. The highest BCUT2D eigenvalue weighted by atomic mass is 16.6. The number of rotatable bonds is 5. The summed E-state index contributed by atoms with van der Waals surface area (Å²) < 4.78 is 0. The van der Waals surface area contributed by atoms with Crippen molar-refractivity contribution in [2.24, 2.45) is 0 Å². The molecule has 122 valence electrons. The zero-order valence-electron chi connectivity index (χ0n) is 12.7. The van der Waals surface area contributed by atoms with Crippen LogP contribution in [0.5, 0.6) is 0 Å². The Morgan fingerprint density at radius 1 is 1.00 bits per heavy atom. The molecule has 2 amide bonds. The van der Waals surface area contributed by atoms with Gasteiger partial charge in [0.25, 0.3) is 17.5 Å². The van der Waals surface area contributed by atoms with Crippen LogP contribution in [0.4, 0.5) is 11.4 Å². The van der Waals surface area contributed by atoms with Crippen molar-refractivity contribution in [2.45, 2.75) is 18.9 Å². The summed E-state index contributed by atoms with van der Waals surface area (Å²) in [5, 5.41) is 16.3. The molecule has 2 aromatic rings. The highest BCUT2D eigenvalue weighted by Crippen LogP contribution is 2.20. The first-order valence-corrected chi connectivity index (χ1v) is 7.49. The Hall–Kier alpha value is -3.22. The smallest absolute Gasteiger partial charge is 0.270 e. The lowest BCUT2D eigenvalue weighted by atomic mass is 10.1. The second-order valence-electron chi connectivity index (χ2n) is 5.59. The second kappa shape index (κ2) is 6.49. The molecule has 1 saturated carbocycles. The molecular formula is C17H15N3O4. The molecule has 0 heterocycles. The van der Waals surface area contributed by atoms with Crippen molar-refractivity contribution in [1.82, 2.24) is 5.32 Å². The first kappa shape index (κ1) is 15.7. The van der Waals surface area contributed by atoms with Crippen LogP contribution in [0.25, 0.3) is 0 Å². The third kappa shape index (κ3) is 3.75. The van der Waals surface area contributed by atoms with E-state index in [1.165, 1.54) is 24.3 Å². The van der Waals surface area contributed by atoms with Gasteiger partial charge in [0.2, 0.25) is 0 Å². The second-order valence-corrected chi connectivity index (χ2v) is 5.59. The number of hydrogen-bond acceptors (Lipinski definition) is 4. The van der Waals surface area contributed by atoms with E-state index in [2.05, 4.69) is 10.6 Å². The lowest BCUT2D eigenvalue weighted by molar-refractivity contribution is -0.384. The molecular weight excluding hydrogens is 310 g/mol. The molecule has 0 saturated heterocycles. The summed E-state index contributed by atoms with van der Waals surface area (Å²) in [6.07, 6.45) is 2.03. The number of amides is 2. The van der Waals surface area contributed by atoms with Crippen LogP contribution < -0.4 is 10.6 Å². The van der Waals surface area contributed by atoms with E-state index in [1.54, 1.807) is 24.3 Å². The number of nitrogens with one attached hydrogen (secondary N) is 2. The highest BCUT2D eigenvalue weighted by molar-refractivity contribution is 6.05. The summed E-state index contributed by atoms with van der Waals surface area (Å²) in [6, 6.07) is 12.3. The quantitative estimate of drug-likeness (QED) is 0.652. The van der Waals surface area contributed by atoms with Crippen molar-refractivity contribution >= 4 is 23.2 Å². The van der Waals surface area contributed by atoms with Crippen LogP contribution in [-0.4, -0.2) is 22.8 Å². The Kier molecular flexibility index (Phi) is 4.24. The lowest BCUT2D eigenvalue weighted by Crippen LogP contribution is -2.25. The number of nitro benzene ring substituents is 1. The first-order chi connectivity index (χ1) is 11.5. The molecule has 0 aromatic heterocycles. The maximum atomic E-state index is 12.1. The number of non-ortho nitro benzene ring substituents is 1. The third-order valence-electron chi connectivity index (χ3n) is 3.64. The molecule has 0 atom stereocenters. The van der Waals surface area contributed by atoms with E-state index in [0.29, 0.717) is 11.3 Å².